The Balaban J connectivity index is 0.855. The summed E-state index contributed by atoms with van der Waals surface area (Å²) in [5.41, 5.74) is 18.4. The molecule has 330 valence electrons. The molecule has 0 atom stereocenters. The standard InChI is InChI=1S/C66H46N4/c1-5-17-51(18-6-1)67(52-19-7-2-8-20-52)55-36-29-47(30-37-55)48-31-40-57(41-32-48)69-63-27-15-13-25-59(63)61-43-42-58(46-66(61)69)70-64-28-16-14-26-60(64)62-45-50(35-44-65(62)70)49-33-38-56(39-34-49)68(53-21-9-3-10-22-53)54-23-11-4-12-24-54/h1-46H. The Labute approximate surface area is 407 Å². The first kappa shape index (κ1) is 40.9. The molecular formula is C66H46N4. The summed E-state index contributed by atoms with van der Waals surface area (Å²) in [7, 11) is 0. The lowest BCUT2D eigenvalue weighted by Gasteiger charge is -2.25. The fourth-order valence-corrected chi connectivity index (χ4v) is 10.4. The quantitative estimate of drug-likeness (QED) is 0.136. The first-order valence-electron chi connectivity index (χ1n) is 23.9. The van der Waals surface area contributed by atoms with Crippen LogP contribution in [-0.4, -0.2) is 9.13 Å². The zero-order chi connectivity index (χ0) is 46.4. The van der Waals surface area contributed by atoms with E-state index in [1.54, 1.807) is 0 Å². The van der Waals surface area contributed by atoms with Crippen LogP contribution in [0.3, 0.4) is 0 Å². The molecule has 0 spiro atoms. The van der Waals surface area contributed by atoms with Crippen LogP contribution in [0.25, 0.3) is 77.2 Å². The highest BCUT2D eigenvalue weighted by Gasteiger charge is 2.19. The fourth-order valence-electron chi connectivity index (χ4n) is 10.4. The Hall–Kier alpha value is -9.38. The second-order valence-corrected chi connectivity index (χ2v) is 17.8. The number of hydrogen-bond acceptors (Lipinski definition) is 2. The predicted molar refractivity (Wildman–Crippen MR) is 295 cm³/mol. The van der Waals surface area contributed by atoms with Crippen LogP contribution in [0.15, 0.2) is 279 Å². The number of nitrogens with zero attached hydrogens (tertiary/aromatic N) is 4. The van der Waals surface area contributed by atoms with Crippen molar-refractivity contribution >= 4 is 77.7 Å². The van der Waals surface area contributed by atoms with Crippen molar-refractivity contribution in [1.82, 2.24) is 9.13 Å². The smallest absolute Gasteiger partial charge is 0.0561 e. The summed E-state index contributed by atoms with van der Waals surface area (Å²) >= 11 is 0. The van der Waals surface area contributed by atoms with Gasteiger partial charge in [0, 0.05) is 67.0 Å². The summed E-state index contributed by atoms with van der Waals surface area (Å²) < 4.78 is 4.85. The van der Waals surface area contributed by atoms with Gasteiger partial charge >= 0.3 is 0 Å². The average Bonchev–Trinajstić information content (AvgIpc) is 3.95. The largest absolute Gasteiger partial charge is 0.311 e. The van der Waals surface area contributed by atoms with E-state index in [9.17, 15) is 0 Å². The Kier molecular flexibility index (Phi) is 10.1. The van der Waals surface area contributed by atoms with Gasteiger partial charge in [-0.05, 0) is 144 Å². The topological polar surface area (TPSA) is 16.3 Å². The highest BCUT2D eigenvalue weighted by molar-refractivity contribution is 6.12. The minimum Gasteiger partial charge on any atom is -0.311 e. The minimum atomic E-state index is 1.11. The van der Waals surface area contributed by atoms with Crippen LogP contribution >= 0.6 is 0 Å². The first-order valence-corrected chi connectivity index (χ1v) is 23.9. The van der Waals surface area contributed by atoms with Crippen molar-refractivity contribution in [2.75, 3.05) is 9.80 Å². The zero-order valence-electron chi connectivity index (χ0n) is 38.3. The van der Waals surface area contributed by atoms with E-state index in [0.29, 0.717) is 0 Å². The van der Waals surface area contributed by atoms with E-state index < -0.39 is 0 Å². The summed E-state index contributed by atoms with van der Waals surface area (Å²) in [6.45, 7) is 0. The fraction of sp³-hybridized carbons (Fsp3) is 0. The van der Waals surface area contributed by atoms with Gasteiger partial charge in [0.15, 0.2) is 0 Å². The summed E-state index contributed by atoms with van der Waals surface area (Å²) in [6, 6.07) is 101. The van der Waals surface area contributed by atoms with Crippen LogP contribution in [-0.2, 0) is 0 Å². The van der Waals surface area contributed by atoms with E-state index >= 15 is 0 Å². The van der Waals surface area contributed by atoms with Crippen molar-refractivity contribution in [3.8, 4) is 33.6 Å². The van der Waals surface area contributed by atoms with Gasteiger partial charge in [-0.1, -0.05) is 158 Å². The third-order valence-electron chi connectivity index (χ3n) is 13.7. The monoisotopic (exact) mass is 894 g/mol. The maximum Gasteiger partial charge on any atom is 0.0561 e. The van der Waals surface area contributed by atoms with Crippen LogP contribution in [0.4, 0.5) is 34.1 Å². The van der Waals surface area contributed by atoms with Crippen molar-refractivity contribution in [2.24, 2.45) is 0 Å². The summed E-state index contributed by atoms with van der Waals surface area (Å²) in [5, 5.41) is 4.92. The lowest BCUT2D eigenvalue weighted by molar-refractivity contribution is 1.15. The molecule has 0 bridgehead atoms. The van der Waals surface area contributed by atoms with Crippen LogP contribution in [0.1, 0.15) is 0 Å². The van der Waals surface area contributed by atoms with Gasteiger partial charge < -0.3 is 18.9 Å². The van der Waals surface area contributed by atoms with Crippen LogP contribution in [0.5, 0.6) is 0 Å². The summed E-state index contributed by atoms with van der Waals surface area (Å²) in [4.78, 5) is 4.60. The maximum absolute atomic E-state index is 2.43. The Morgan fingerprint density at radius 1 is 0.200 bits per heavy atom. The van der Waals surface area contributed by atoms with E-state index in [0.717, 1.165) is 45.5 Å². The number of para-hydroxylation sites is 6. The molecular weight excluding hydrogens is 849 g/mol. The van der Waals surface area contributed by atoms with Crippen LogP contribution < -0.4 is 9.80 Å². The lowest BCUT2D eigenvalue weighted by Crippen LogP contribution is -2.09. The first-order chi connectivity index (χ1) is 34.7. The number of rotatable bonds is 10. The molecule has 4 nitrogen and oxygen atoms in total. The van der Waals surface area contributed by atoms with Crippen molar-refractivity contribution < 1.29 is 0 Å². The molecule has 0 aliphatic rings. The van der Waals surface area contributed by atoms with Gasteiger partial charge in [-0.2, -0.15) is 0 Å². The van der Waals surface area contributed by atoms with Gasteiger partial charge in [0.1, 0.15) is 0 Å². The number of aromatic nitrogens is 2. The van der Waals surface area contributed by atoms with Gasteiger partial charge in [0.05, 0.1) is 22.1 Å². The van der Waals surface area contributed by atoms with Crippen molar-refractivity contribution in [2.45, 2.75) is 0 Å². The molecule has 4 heteroatoms. The van der Waals surface area contributed by atoms with E-state index in [1.807, 2.05) is 0 Å². The number of fused-ring (bicyclic) bond motifs is 6. The van der Waals surface area contributed by atoms with E-state index in [2.05, 4.69) is 298 Å². The second-order valence-electron chi connectivity index (χ2n) is 17.8. The molecule has 11 aromatic carbocycles. The number of benzene rings is 11. The average molecular weight is 895 g/mol. The highest BCUT2D eigenvalue weighted by atomic mass is 15.1. The molecule has 0 radical (unpaired) electrons. The summed E-state index contributed by atoms with van der Waals surface area (Å²) in [5.74, 6) is 0. The van der Waals surface area contributed by atoms with Crippen molar-refractivity contribution in [3.05, 3.63) is 279 Å². The molecule has 0 aliphatic carbocycles. The molecule has 0 N–H and O–H groups in total. The van der Waals surface area contributed by atoms with Gasteiger partial charge in [0.25, 0.3) is 0 Å². The summed E-state index contributed by atoms with van der Waals surface area (Å²) in [6.07, 6.45) is 0. The minimum absolute atomic E-state index is 1.11. The Morgan fingerprint density at radius 2 is 0.529 bits per heavy atom. The molecule has 0 fully saturated rings. The molecule has 70 heavy (non-hydrogen) atoms. The molecule has 13 rings (SSSR count). The van der Waals surface area contributed by atoms with E-state index in [-0.39, 0.29) is 0 Å². The van der Waals surface area contributed by atoms with Crippen molar-refractivity contribution in [1.29, 1.82) is 0 Å². The third kappa shape index (κ3) is 7.18. The van der Waals surface area contributed by atoms with Gasteiger partial charge in [0.2, 0.25) is 0 Å². The van der Waals surface area contributed by atoms with Crippen LogP contribution in [0, 0.1) is 0 Å². The molecule has 13 aromatic rings. The molecule has 0 saturated heterocycles. The molecule has 0 unspecified atom stereocenters. The van der Waals surface area contributed by atoms with E-state index in [4.69, 9.17) is 0 Å². The normalized spacial score (nSPS) is 11.4. The predicted octanol–water partition coefficient (Wildman–Crippen LogP) is 18.2. The van der Waals surface area contributed by atoms with Gasteiger partial charge in [-0.3, -0.25) is 0 Å². The number of anilines is 6. The van der Waals surface area contributed by atoms with Gasteiger partial charge in [-0.25, -0.2) is 0 Å². The second kappa shape index (κ2) is 17.4. The van der Waals surface area contributed by atoms with E-state index in [1.165, 1.54) is 65.9 Å². The SMILES string of the molecule is c1ccc(N(c2ccccc2)c2ccc(-c3ccc(-n4c5ccccc5c5ccc(-n6c7ccccc7c7cc(-c8ccc(N(c9ccccc9)c9ccccc9)cc8)ccc76)cc54)cc3)cc2)cc1. The zero-order valence-corrected chi connectivity index (χ0v) is 38.3. The molecule has 2 heterocycles. The molecule has 2 aromatic heterocycles. The molecule has 0 amide bonds. The third-order valence-corrected chi connectivity index (χ3v) is 13.7. The molecule has 0 saturated carbocycles. The Morgan fingerprint density at radius 3 is 1.01 bits per heavy atom. The van der Waals surface area contributed by atoms with Crippen LogP contribution in [0.2, 0.25) is 0 Å². The van der Waals surface area contributed by atoms with Gasteiger partial charge in [-0.15, -0.1) is 0 Å². The Bertz CT molecular complexity index is 3870. The lowest BCUT2D eigenvalue weighted by atomic mass is 10.0. The number of hydrogen-bond donors (Lipinski definition) is 0. The highest BCUT2D eigenvalue weighted by Crippen LogP contribution is 2.41. The maximum atomic E-state index is 2.43. The van der Waals surface area contributed by atoms with Crippen molar-refractivity contribution in [3.63, 3.8) is 0 Å². The molecule has 0 aliphatic heterocycles.